The molecule has 0 bridgehead atoms. The van der Waals surface area contributed by atoms with Gasteiger partial charge in [-0.1, -0.05) is 30.3 Å². The maximum Gasteiger partial charge on any atom is 0.250 e. The highest BCUT2D eigenvalue weighted by molar-refractivity contribution is 7.99. The molecule has 162 valence electrons. The van der Waals surface area contributed by atoms with Crippen LogP contribution in [0.2, 0.25) is 5.02 Å². The summed E-state index contributed by atoms with van der Waals surface area (Å²) in [5.74, 6) is 1.52. The Morgan fingerprint density at radius 2 is 1.90 bits per heavy atom. The van der Waals surface area contributed by atoms with Gasteiger partial charge in [0.2, 0.25) is 0 Å². The second kappa shape index (κ2) is 11.5. The predicted octanol–water partition coefficient (Wildman–Crippen LogP) is 4.65. The number of hydrazone groups is 1. The first-order valence-corrected chi connectivity index (χ1v) is 11.3. The summed E-state index contributed by atoms with van der Waals surface area (Å²) in [6.45, 7) is 5.45. The first kappa shape index (κ1) is 22.8. The normalized spacial score (nSPS) is 11.1. The van der Waals surface area contributed by atoms with Crippen molar-refractivity contribution < 1.29 is 9.53 Å². The van der Waals surface area contributed by atoms with Gasteiger partial charge in [-0.25, -0.2) is 5.43 Å². The number of carbonyl (C=O) groups excluding carboxylic acids is 1. The van der Waals surface area contributed by atoms with Crippen LogP contribution in [0.15, 0.2) is 58.8 Å². The molecule has 3 aromatic rings. The Balaban J connectivity index is 1.52. The van der Waals surface area contributed by atoms with Crippen LogP contribution in [0, 0.1) is 0 Å². The molecule has 0 spiro atoms. The Kier molecular flexibility index (Phi) is 8.49. The molecular formula is C22H24ClN5O2S. The molecule has 1 heterocycles. The summed E-state index contributed by atoms with van der Waals surface area (Å²) in [5.41, 5.74) is 4.33. The Morgan fingerprint density at radius 3 is 2.58 bits per heavy atom. The summed E-state index contributed by atoms with van der Waals surface area (Å²) in [4.78, 5) is 12.2. The lowest BCUT2D eigenvalue weighted by atomic mass is 10.2. The van der Waals surface area contributed by atoms with Gasteiger partial charge in [0, 0.05) is 17.1 Å². The fourth-order valence-corrected chi connectivity index (χ4v) is 3.62. The van der Waals surface area contributed by atoms with Crippen LogP contribution in [-0.4, -0.2) is 39.2 Å². The third kappa shape index (κ3) is 6.57. The number of halogens is 1. The van der Waals surface area contributed by atoms with Crippen LogP contribution in [0.25, 0.3) is 11.4 Å². The summed E-state index contributed by atoms with van der Waals surface area (Å²) in [7, 11) is 0. The zero-order valence-electron chi connectivity index (χ0n) is 17.4. The van der Waals surface area contributed by atoms with Crippen molar-refractivity contribution in [3.8, 4) is 17.1 Å². The van der Waals surface area contributed by atoms with E-state index in [1.165, 1.54) is 11.8 Å². The number of hydrogen-bond donors (Lipinski definition) is 1. The quantitative estimate of drug-likeness (QED) is 0.272. The average Bonchev–Trinajstić information content (AvgIpc) is 3.20. The average molecular weight is 458 g/mol. The van der Waals surface area contributed by atoms with Gasteiger partial charge in [-0.15, -0.1) is 10.2 Å². The molecule has 0 aliphatic carbocycles. The number of rotatable bonds is 10. The van der Waals surface area contributed by atoms with Crippen LogP contribution < -0.4 is 10.2 Å². The lowest BCUT2D eigenvalue weighted by molar-refractivity contribution is -0.118. The van der Waals surface area contributed by atoms with Crippen LogP contribution in [0.4, 0.5) is 0 Å². The molecule has 2 aromatic carbocycles. The molecule has 1 amide bonds. The van der Waals surface area contributed by atoms with Crippen molar-refractivity contribution in [1.82, 2.24) is 20.2 Å². The lowest BCUT2D eigenvalue weighted by Gasteiger charge is -2.07. The molecule has 9 heteroatoms. The molecule has 0 saturated carbocycles. The van der Waals surface area contributed by atoms with Crippen LogP contribution in [0.1, 0.15) is 25.8 Å². The highest BCUT2D eigenvalue weighted by atomic mass is 35.5. The van der Waals surface area contributed by atoms with E-state index in [4.69, 9.17) is 16.3 Å². The van der Waals surface area contributed by atoms with Crippen LogP contribution in [0.5, 0.6) is 5.75 Å². The molecule has 0 atom stereocenters. The van der Waals surface area contributed by atoms with Crippen molar-refractivity contribution in [2.45, 2.75) is 32.0 Å². The summed E-state index contributed by atoms with van der Waals surface area (Å²) < 4.78 is 7.51. The maximum absolute atomic E-state index is 12.2. The van der Waals surface area contributed by atoms with Crippen molar-refractivity contribution in [3.05, 3.63) is 59.1 Å². The highest BCUT2D eigenvalue weighted by Gasteiger charge is 2.14. The molecule has 3 rings (SSSR count). The standard InChI is InChI=1S/C22H24ClN5O2S/c1-3-13-30-19-11-5-16(6-12-19)14-24-25-20(29)15-31-22-27-26-21(28(22)4-2)17-7-9-18(23)10-8-17/h5-12,14H,3-4,13,15H2,1-2H3,(H,25,29). The van der Waals surface area contributed by atoms with E-state index in [0.717, 1.165) is 29.1 Å². The maximum atomic E-state index is 12.2. The molecule has 1 N–H and O–H groups in total. The third-order valence-corrected chi connectivity index (χ3v) is 5.44. The minimum atomic E-state index is -0.220. The smallest absolute Gasteiger partial charge is 0.250 e. The largest absolute Gasteiger partial charge is 0.494 e. The lowest BCUT2D eigenvalue weighted by Crippen LogP contribution is -2.20. The molecule has 1 aromatic heterocycles. The Labute approximate surface area is 190 Å². The number of benzene rings is 2. The molecule has 0 saturated heterocycles. The van der Waals surface area contributed by atoms with E-state index in [2.05, 4.69) is 27.6 Å². The van der Waals surface area contributed by atoms with Crippen molar-refractivity contribution in [2.75, 3.05) is 12.4 Å². The summed E-state index contributed by atoms with van der Waals surface area (Å²) in [6, 6.07) is 15.0. The SMILES string of the molecule is CCCOc1ccc(C=NNC(=O)CSc2nnc(-c3ccc(Cl)cc3)n2CC)cc1. The van der Waals surface area contributed by atoms with Gasteiger partial charge in [0.1, 0.15) is 5.75 Å². The van der Waals surface area contributed by atoms with Gasteiger partial charge in [-0.05, 0) is 67.4 Å². The fourth-order valence-electron chi connectivity index (χ4n) is 2.70. The Bertz CT molecular complexity index is 1020. The minimum absolute atomic E-state index is 0.180. The van der Waals surface area contributed by atoms with Crippen LogP contribution in [-0.2, 0) is 11.3 Å². The van der Waals surface area contributed by atoms with Crippen LogP contribution >= 0.6 is 23.4 Å². The monoisotopic (exact) mass is 457 g/mol. The number of amides is 1. The van der Waals surface area contributed by atoms with E-state index in [0.29, 0.717) is 23.3 Å². The highest BCUT2D eigenvalue weighted by Crippen LogP contribution is 2.25. The van der Waals surface area contributed by atoms with Crippen molar-refractivity contribution >= 4 is 35.5 Å². The van der Waals surface area contributed by atoms with Crippen molar-refractivity contribution in [2.24, 2.45) is 5.10 Å². The van der Waals surface area contributed by atoms with Gasteiger partial charge in [-0.2, -0.15) is 5.10 Å². The first-order valence-electron chi connectivity index (χ1n) is 9.97. The van der Waals surface area contributed by atoms with Gasteiger partial charge in [0.05, 0.1) is 18.6 Å². The van der Waals surface area contributed by atoms with Gasteiger partial charge in [0.25, 0.3) is 5.91 Å². The van der Waals surface area contributed by atoms with E-state index in [-0.39, 0.29) is 11.7 Å². The van der Waals surface area contributed by atoms with Gasteiger partial charge in [0.15, 0.2) is 11.0 Å². The predicted molar refractivity (Wildman–Crippen MR) is 125 cm³/mol. The molecule has 0 aliphatic heterocycles. The Hall–Kier alpha value is -2.84. The first-order chi connectivity index (χ1) is 15.1. The van der Waals surface area contributed by atoms with E-state index < -0.39 is 0 Å². The third-order valence-electron chi connectivity index (χ3n) is 4.22. The van der Waals surface area contributed by atoms with Crippen molar-refractivity contribution in [3.63, 3.8) is 0 Å². The summed E-state index contributed by atoms with van der Waals surface area (Å²) in [5, 5.41) is 13.9. The summed E-state index contributed by atoms with van der Waals surface area (Å²) >= 11 is 7.28. The number of carbonyl (C=O) groups is 1. The molecular weight excluding hydrogens is 434 g/mol. The van der Waals surface area contributed by atoms with Crippen LogP contribution in [0.3, 0.4) is 0 Å². The molecule has 7 nitrogen and oxygen atoms in total. The van der Waals surface area contributed by atoms with Gasteiger partial charge < -0.3 is 9.30 Å². The topological polar surface area (TPSA) is 81.4 Å². The molecule has 0 aliphatic rings. The van der Waals surface area contributed by atoms with E-state index in [9.17, 15) is 4.79 Å². The zero-order valence-corrected chi connectivity index (χ0v) is 19.0. The number of hydrogen-bond acceptors (Lipinski definition) is 6. The second-order valence-corrected chi connectivity index (χ2v) is 7.94. The molecule has 0 fully saturated rings. The number of nitrogens with zero attached hydrogens (tertiary/aromatic N) is 4. The van der Waals surface area contributed by atoms with E-state index in [1.54, 1.807) is 6.21 Å². The number of ether oxygens (including phenoxy) is 1. The number of nitrogens with one attached hydrogen (secondary N) is 1. The minimum Gasteiger partial charge on any atom is -0.494 e. The Morgan fingerprint density at radius 1 is 1.16 bits per heavy atom. The fraction of sp³-hybridized carbons (Fsp3) is 0.273. The molecule has 31 heavy (non-hydrogen) atoms. The van der Waals surface area contributed by atoms with Crippen molar-refractivity contribution in [1.29, 1.82) is 0 Å². The summed E-state index contributed by atoms with van der Waals surface area (Å²) in [6.07, 6.45) is 2.56. The van der Waals surface area contributed by atoms with E-state index in [1.807, 2.05) is 60.0 Å². The zero-order chi connectivity index (χ0) is 22.1. The molecule has 0 unspecified atom stereocenters. The molecule has 0 radical (unpaired) electrons. The second-order valence-electron chi connectivity index (χ2n) is 6.56. The van der Waals surface area contributed by atoms with Gasteiger partial charge >= 0.3 is 0 Å². The number of thioether (sulfide) groups is 1. The van der Waals surface area contributed by atoms with E-state index >= 15 is 0 Å². The number of aromatic nitrogens is 3. The van der Waals surface area contributed by atoms with Gasteiger partial charge in [-0.3, -0.25) is 4.79 Å².